The van der Waals surface area contributed by atoms with Crippen LogP contribution in [0.4, 0.5) is 0 Å². The van der Waals surface area contributed by atoms with Crippen LogP contribution in [-0.4, -0.2) is 40.4 Å². The van der Waals surface area contributed by atoms with Crippen molar-refractivity contribution in [2.75, 3.05) is 25.4 Å². The lowest BCUT2D eigenvalue weighted by atomic mass is 9.90. The highest BCUT2D eigenvalue weighted by atomic mass is 79.9. The standard InChI is InChI=1S/C16H23BrN2O2S.ClH/c1-16(11-18)8-9-19(12-16)15(20)3-2-10-22(21)14-6-4-13(17)5-7-14;/h4-7H,2-3,8-12,18H2,1H3;1H. The lowest BCUT2D eigenvalue weighted by molar-refractivity contribution is -0.130. The second kappa shape index (κ2) is 9.16. The molecule has 7 heteroatoms. The van der Waals surface area contributed by atoms with Gasteiger partial charge in [0, 0.05) is 34.6 Å². The zero-order valence-electron chi connectivity index (χ0n) is 13.3. The first-order chi connectivity index (χ1) is 10.4. The number of likely N-dealkylation sites (tertiary alicyclic amines) is 1. The molecule has 1 aliphatic rings. The van der Waals surface area contributed by atoms with Gasteiger partial charge >= 0.3 is 0 Å². The normalized spacial score (nSPS) is 21.8. The Kier molecular flexibility index (Phi) is 8.21. The molecule has 1 heterocycles. The van der Waals surface area contributed by atoms with E-state index in [0.717, 1.165) is 28.9 Å². The Hall–Kier alpha value is -0.430. The van der Waals surface area contributed by atoms with E-state index in [1.54, 1.807) is 0 Å². The summed E-state index contributed by atoms with van der Waals surface area (Å²) < 4.78 is 13.1. The monoisotopic (exact) mass is 422 g/mol. The van der Waals surface area contributed by atoms with E-state index in [1.165, 1.54) is 0 Å². The van der Waals surface area contributed by atoms with Crippen molar-refractivity contribution in [3.8, 4) is 0 Å². The predicted molar refractivity (Wildman–Crippen MR) is 100 cm³/mol. The molecule has 23 heavy (non-hydrogen) atoms. The number of rotatable bonds is 6. The first kappa shape index (κ1) is 20.6. The predicted octanol–water partition coefficient (Wildman–Crippen LogP) is 2.96. The van der Waals surface area contributed by atoms with Crippen molar-refractivity contribution in [2.24, 2.45) is 11.1 Å². The third-order valence-corrected chi connectivity index (χ3v) is 6.19. The summed E-state index contributed by atoms with van der Waals surface area (Å²) in [4.78, 5) is 14.9. The Labute approximate surface area is 155 Å². The largest absolute Gasteiger partial charge is 0.342 e. The van der Waals surface area contributed by atoms with Crippen LogP contribution in [0.2, 0.25) is 0 Å². The van der Waals surface area contributed by atoms with Crippen LogP contribution in [0.3, 0.4) is 0 Å². The van der Waals surface area contributed by atoms with Crippen LogP contribution in [-0.2, 0) is 15.6 Å². The molecular formula is C16H24BrClN2O2S. The molecular weight excluding hydrogens is 400 g/mol. The molecule has 1 saturated heterocycles. The van der Waals surface area contributed by atoms with Gasteiger partial charge < -0.3 is 10.6 Å². The van der Waals surface area contributed by atoms with E-state index in [-0.39, 0.29) is 23.7 Å². The highest BCUT2D eigenvalue weighted by Gasteiger charge is 2.34. The number of amides is 1. The third-order valence-electron chi connectivity index (χ3n) is 4.20. The zero-order valence-corrected chi connectivity index (χ0v) is 16.5. The average Bonchev–Trinajstić information content (AvgIpc) is 2.91. The Bertz CT molecular complexity index is 556. The van der Waals surface area contributed by atoms with Crippen LogP contribution in [0.1, 0.15) is 26.2 Å². The van der Waals surface area contributed by atoms with Gasteiger partial charge in [0.2, 0.25) is 5.91 Å². The molecule has 0 aromatic heterocycles. The number of carbonyl (C=O) groups is 1. The second-order valence-corrected chi connectivity index (χ2v) is 8.67. The number of halogens is 2. The van der Waals surface area contributed by atoms with Gasteiger partial charge in [-0.2, -0.15) is 0 Å². The highest BCUT2D eigenvalue weighted by molar-refractivity contribution is 9.10. The summed E-state index contributed by atoms with van der Waals surface area (Å²) in [6, 6.07) is 7.48. The number of nitrogens with two attached hydrogens (primary N) is 1. The van der Waals surface area contributed by atoms with Gasteiger partial charge in [-0.15, -0.1) is 12.4 Å². The summed E-state index contributed by atoms with van der Waals surface area (Å²) in [5.41, 5.74) is 5.83. The summed E-state index contributed by atoms with van der Waals surface area (Å²) in [5, 5.41) is 0. The van der Waals surface area contributed by atoms with E-state index < -0.39 is 10.8 Å². The molecule has 2 N–H and O–H groups in total. The van der Waals surface area contributed by atoms with Crippen LogP contribution >= 0.6 is 28.3 Å². The SMILES string of the molecule is CC1(CN)CCN(C(=O)CCCS(=O)c2ccc(Br)cc2)C1.Cl. The molecule has 1 fully saturated rings. The number of carbonyl (C=O) groups excluding carboxylic acids is 1. The molecule has 1 aromatic carbocycles. The van der Waals surface area contributed by atoms with Crippen LogP contribution in [0, 0.1) is 5.41 Å². The van der Waals surface area contributed by atoms with Crippen molar-refractivity contribution in [3.63, 3.8) is 0 Å². The van der Waals surface area contributed by atoms with Gasteiger partial charge in [-0.1, -0.05) is 22.9 Å². The van der Waals surface area contributed by atoms with Gasteiger partial charge in [0.05, 0.1) is 10.8 Å². The quantitative estimate of drug-likeness (QED) is 0.765. The third kappa shape index (κ3) is 5.85. The van der Waals surface area contributed by atoms with E-state index in [4.69, 9.17) is 5.73 Å². The van der Waals surface area contributed by atoms with Crippen LogP contribution < -0.4 is 5.73 Å². The van der Waals surface area contributed by atoms with Crippen molar-refractivity contribution in [2.45, 2.75) is 31.1 Å². The highest BCUT2D eigenvalue weighted by Crippen LogP contribution is 2.28. The van der Waals surface area contributed by atoms with Gasteiger partial charge in [0.15, 0.2) is 0 Å². The van der Waals surface area contributed by atoms with E-state index >= 15 is 0 Å². The topological polar surface area (TPSA) is 63.4 Å². The van der Waals surface area contributed by atoms with Gasteiger partial charge in [0.25, 0.3) is 0 Å². The molecule has 0 bridgehead atoms. The molecule has 2 atom stereocenters. The lowest BCUT2D eigenvalue weighted by Gasteiger charge is -2.22. The smallest absolute Gasteiger partial charge is 0.222 e. The maximum atomic E-state index is 12.2. The van der Waals surface area contributed by atoms with E-state index in [1.807, 2.05) is 29.2 Å². The average molecular weight is 424 g/mol. The van der Waals surface area contributed by atoms with Crippen LogP contribution in [0.25, 0.3) is 0 Å². The molecule has 0 radical (unpaired) electrons. The maximum Gasteiger partial charge on any atom is 0.222 e. The van der Waals surface area contributed by atoms with Crippen molar-refractivity contribution < 1.29 is 9.00 Å². The fourth-order valence-electron chi connectivity index (χ4n) is 2.62. The molecule has 1 aromatic rings. The molecule has 4 nitrogen and oxygen atoms in total. The summed E-state index contributed by atoms with van der Waals surface area (Å²) in [6.45, 7) is 4.29. The number of benzene rings is 1. The van der Waals surface area contributed by atoms with Crippen molar-refractivity contribution in [3.05, 3.63) is 28.7 Å². The Morgan fingerprint density at radius 1 is 1.39 bits per heavy atom. The van der Waals surface area contributed by atoms with Gasteiger partial charge in [0.1, 0.15) is 0 Å². The Morgan fingerprint density at radius 2 is 2.04 bits per heavy atom. The fourth-order valence-corrected chi connectivity index (χ4v) is 3.97. The number of nitrogens with zero attached hydrogens (tertiary/aromatic N) is 1. The van der Waals surface area contributed by atoms with Crippen molar-refractivity contribution >= 4 is 45.0 Å². The Balaban J connectivity index is 0.00000264. The van der Waals surface area contributed by atoms with Crippen LogP contribution in [0.15, 0.2) is 33.6 Å². The molecule has 2 unspecified atom stereocenters. The summed E-state index contributed by atoms with van der Waals surface area (Å²) in [7, 11) is -1.04. The molecule has 130 valence electrons. The molecule has 0 spiro atoms. The molecule has 2 rings (SSSR count). The minimum Gasteiger partial charge on any atom is -0.342 e. The molecule has 0 aliphatic carbocycles. The minimum absolute atomic E-state index is 0. The van der Waals surface area contributed by atoms with Crippen LogP contribution in [0.5, 0.6) is 0 Å². The Morgan fingerprint density at radius 3 is 2.61 bits per heavy atom. The zero-order chi connectivity index (χ0) is 16.2. The minimum atomic E-state index is -1.04. The van der Waals surface area contributed by atoms with Crippen molar-refractivity contribution in [1.29, 1.82) is 0 Å². The molecule has 1 amide bonds. The van der Waals surface area contributed by atoms with Crippen molar-refractivity contribution in [1.82, 2.24) is 4.90 Å². The van der Waals surface area contributed by atoms with E-state index in [9.17, 15) is 9.00 Å². The van der Waals surface area contributed by atoms with Gasteiger partial charge in [-0.05, 0) is 49.1 Å². The summed E-state index contributed by atoms with van der Waals surface area (Å²) >= 11 is 3.36. The fraction of sp³-hybridized carbons (Fsp3) is 0.562. The first-order valence-electron chi connectivity index (χ1n) is 7.55. The lowest BCUT2D eigenvalue weighted by Crippen LogP contribution is -2.34. The molecule has 1 aliphatic heterocycles. The second-order valence-electron chi connectivity index (χ2n) is 6.19. The number of hydrogen-bond acceptors (Lipinski definition) is 3. The maximum absolute atomic E-state index is 12.2. The summed E-state index contributed by atoms with van der Waals surface area (Å²) in [5.74, 6) is 0.681. The first-order valence-corrected chi connectivity index (χ1v) is 9.66. The number of hydrogen-bond donors (Lipinski definition) is 1. The van der Waals surface area contributed by atoms with Gasteiger partial charge in [-0.25, -0.2) is 0 Å². The van der Waals surface area contributed by atoms with Gasteiger partial charge in [-0.3, -0.25) is 9.00 Å². The van der Waals surface area contributed by atoms with E-state index in [2.05, 4.69) is 22.9 Å². The summed E-state index contributed by atoms with van der Waals surface area (Å²) in [6.07, 6.45) is 2.08. The van der Waals surface area contributed by atoms with E-state index in [0.29, 0.717) is 25.1 Å². The molecule has 0 saturated carbocycles.